The fraction of sp³-hybridized carbons (Fsp3) is 0.440. The van der Waals surface area contributed by atoms with Crippen molar-refractivity contribution in [3.8, 4) is 5.75 Å². The van der Waals surface area contributed by atoms with Gasteiger partial charge in [-0.15, -0.1) is 11.3 Å². The van der Waals surface area contributed by atoms with Crippen molar-refractivity contribution in [1.82, 2.24) is 15.6 Å². The number of rotatable bonds is 3. The lowest BCUT2D eigenvalue weighted by Gasteiger charge is -2.48. The van der Waals surface area contributed by atoms with E-state index >= 15 is 0 Å². The van der Waals surface area contributed by atoms with Crippen molar-refractivity contribution in [2.24, 2.45) is 11.8 Å². The van der Waals surface area contributed by atoms with Crippen LogP contribution in [0.2, 0.25) is 0 Å². The van der Waals surface area contributed by atoms with Crippen LogP contribution in [-0.2, 0) is 6.42 Å². The number of amides is 1. The number of aromatic nitrogens is 1. The molecule has 3 aliphatic heterocycles. The van der Waals surface area contributed by atoms with Crippen LogP contribution < -0.4 is 26.0 Å². The van der Waals surface area contributed by atoms with Gasteiger partial charge >= 0.3 is 0 Å². The van der Waals surface area contributed by atoms with E-state index < -0.39 is 17.8 Å². The number of ether oxygens (including phenoxy) is 1. The Morgan fingerprint density at radius 1 is 1.26 bits per heavy atom. The van der Waals surface area contributed by atoms with E-state index in [4.69, 9.17) is 10.5 Å². The third-order valence-corrected chi connectivity index (χ3v) is 8.46. The molecular weight excluding hydrogens is 472 g/mol. The summed E-state index contributed by atoms with van der Waals surface area (Å²) in [6, 6.07) is 9.47. The van der Waals surface area contributed by atoms with Crippen LogP contribution in [-0.4, -0.2) is 55.6 Å². The van der Waals surface area contributed by atoms with Gasteiger partial charge < -0.3 is 26.0 Å². The van der Waals surface area contributed by atoms with Gasteiger partial charge in [-0.05, 0) is 37.1 Å². The molecule has 2 unspecified atom stereocenters. The Bertz CT molecular complexity index is 1300. The minimum atomic E-state index is -2.62. The number of nitrogens with zero attached hydrogens (tertiary/aromatic N) is 2. The van der Waals surface area contributed by atoms with Gasteiger partial charge in [0.1, 0.15) is 22.1 Å². The summed E-state index contributed by atoms with van der Waals surface area (Å²) < 4.78 is 35.0. The molecule has 0 spiro atoms. The zero-order valence-corrected chi connectivity index (χ0v) is 20.1. The number of fused-ring (bicyclic) bond motifs is 4. The van der Waals surface area contributed by atoms with Crippen LogP contribution in [0.15, 0.2) is 30.3 Å². The number of pyridine rings is 1. The van der Waals surface area contributed by atoms with Crippen LogP contribution in [0.3, 0.4) is 0 Å². The number of hydrogen-bond acceptors (Lipinski definition) is 7. The number of carbonyl (C=O) groups is 1. The molecular formula is C25H27F2N5O2S. The lowest BCUT2D eigenvalue weighted by molar-refractivity contribution is -0.130. The van der Waals surface area contributed by atoms with Crippen LogP contribution in [0.25, 0.3) is 10.2 Å². The van der Waals surface area contributed by atoms with Crippen molar-refractivity contribution in [2.45, 2.75) is 25.3 Å². The first-order valence-electron chi connectivity index (χ1n) is 11.8. The van der Waals surface area contributed by atoms with E-state index in [1.165, 1.54) is 11.3 Å². The van der Waals surface area contributed by atoms with Gasteiger partial charge in [0.25, 0.3) is 11.8 Å². The Morgan fingerprint density at radius 3 is 2.80 bits per heavy atom. The molecule has 0 aliphatic carbocycles. The third-order valence-electron chi connectivity index (χ3n) is 7.35. The maximum absolute atomic E-state index is 14.5. The molecule has 4 N–H and O–H groups in total. The van der Waals surface area contributed by atoms with Gasteiger partial charge in [0.05, 0.1) is 23.6 Å². The van der Waals surface area contributed by atoms with Gasteiger partial charge in [-0.2, -0.15) is 0 Å². The van der Waals surface area contributed by atoms with E-state index in [2.05, 4.69) is 15.6 Å². The molecule has 6 rings (SSSR count). The largest absolute Gasteiger partial charge is 0.491 e. The Hall–Kier alpha value is -2.98. The van der Waals surface area contributed by atoms with E-state index in [1.807, 2.05) is 42.2 Å². The average molecular weight is 500 g/mol. The zero-order chi connectivity index (χ0) is 24.3. The zero-order valence-electron chi connectivity index (χ0n) is 19.3. The second-order valence-corrected chi connectivity index (χ2v) is 10.8. The smallest absolute Gasteiger partial charge is 0.263 e. The van der Waals surface area contributed by atoms with Crippen LogP contribution >= 0.6 is 11.3 Å². The Labute approximate surface area is 205 Å². The molecule has 2 aromatic heterocycles. The molecule has 5 heterocycles. The first-order valence-corrected chi connectivity index (χ1v) is 12.7. The van der Waals surface area contributed by atoms with Crippen LogP contribution in [0.5, 0.6) is 5.75 Å². The van der Waals surface area contributed by atoms with Crippen molar-refractivity contribution < 1.29 is 18.3 Å². The minimum Gasteiger partial charge on any atom is -0.491 e. The van der Waals surface area contributed by atoms with Crippen molar-refractivity contribution in [2.75, 3.05) is 43.4 Å². The standard InChI is InChI=1S/C25H27F2N5O2S/c1-13-2-5-19-21(28)22(35-24(19)30-13)23(33)31-17-6-14-3-4-18(7-20(14)34-12-17)32-10-15-8-29-9-16(11-32)25(15,26)27/h2-5,7,15-17,29H,6,8-12,28H2,1H3,(H,31,33)/t15?,16?,17-/m1/s1. The monoisotopic (exact) mass is 499 g/mol. The Morgan fingerprint density at radius 2 is 2.03 bits per heavy atom. The molecule has 0 saturated carbocycles. The number of nitrogens with two attached hydrogens (primary N) is 1. The SMILES string of the molecule is Cc1ccc2c(N)c(C(=O)N[C@H]3COc4cc(N5CC6CNCC(C5)C6(F)F)ccc4C3)sc2n1. The van der Waals surface area contributed by atoms with Gasteiger partial charge in [-0.25, -0.2) is 13.8 Å². The molecule has 3 atom stereocenters. The Kier molecular flexibility index (Phi) is 5.33. The van der Waals surface area contributed by atoms with Crippen molar-refractivity contribution >= 4 is 38.8 Å². The molecule has 1 aromatic carbocycles. The summed E-state index contributed by atoms with van der Waals surface area (Å²) in [5, 5.41) is 6.97. The van der Waals surface area contributed by atoms with Crippen LogP contribution in [0, 0.1) is 18.8 Å². The van der Waals surface area contributed by atoms with E-state index in [0.29, 0.717) is 49.8 Å². The van der Waals surface area contributed by atoms with Gasteiger partial charge in [0.15, 0.2) is 0 Å². The number of piperidine rings is 2. The number of carbonyl (C=O) groups excluding carboxylic acids is 1. The first-order chi connectivity index (χ1) is 16.8. The average Bonchev–Trinajstić information content (AvgIpc) is 3.13. The van der Waals surface area contributed by atoms with Gasteiger partial charge in [0, 0.05) is 49.0 Å². The lowest BCUT2D eigenvalue weighted by Crippen LogP contribution is -2.62. The predicted molar refractivity (Wildman–Crippen MR) is 133 cm³/mol. The van der Waals surface area contributed by atoms with Gasteiger partial charge in [-0.3, -0.25) is 4.79 Å². The minimum absolute atomic E-state index is 0.195. The summed E-state index contributed by atoms with van der Waals surface area (Å²) in [6.45, 7) is 3.54. The highest BCUT2D eigenvalue weighted by molar-refractivity contribution is 7.21. The molecule has 3 aliphatic rings. The van der Waals surface area contributed by atoms with E-state index in [-0.39, 0.29) is 11.9 Å². The molecule has 10 heteroatoms. The highest BCUT2D eigenvalue weighted by Gasteiger charge is 2.53. The summed E-state index contributed by atoms with van der Waals surface area (Å²) in [4.78, 5) is 20.7. The second kappa shape index (κ2) is 8.30. The molecule has 184 valence electrons. The maximum atomic E-state index is 14.5. The van der Waals surface area contributed by atoms with E-state index in [0.717, 1.165) is 32.9 Å². The van der Waals surface area contributed by atoms with E-state index in [1.54, 1.807) is 0 Å². The predicted octanol–water partition coefficient (Wildman–Crippen LogP) is 3.21. The quantitative estimate of drug-likeness (QED) is 0.513. The number of hydrogen-bond donors (Lipinski definition) is 3. The van der Waals surface area contributed by atoms with Crippen molar-refractivity contribution in [3.63, 3.8) is 0 Å². The van der Waals surface area contributed by atoms with Crippen LogP contribution in [0.4, 0.5) is 20.2 Å². The van der Waals surface area contributed by atoms with Crippen molar-refractivity contribution in [3.05, 3.63) is 46.5 Å². The third kappa shape index (κ3) is 3.88. The highest BCUT2D eigenvalue weighted by Crippen LogP contribution is 2.42. The lowest BCUT2D eigenvalue weighted by atomic mass is 9.81. The molecule has 2 bridgehead atoms. The number of benzene rings is 1. The number of anilines is 2. The van der Waals surface area contributed by atoms with Crippen molar-refractivity contribution in [1.29, 1.82) is 0 Å². The number of nitrogen functional groups attached to an aromatic ring is 1. The summed E-state index contributed by atoms with van der Waals surface area (Å²) >= 11 is 1.29. The second-order valence-electron chi connectivity index (χ2n) is 9.76. The molecule has 7 nitrogen and oxygen atoms in total. The fourth-order valence-corrected chi connectivity index (χ4v) is 6.43. The van der Waals surface area contributed by atoms with E-state index in [9.17, 15) is 13.6 Å². The normalized spacial score (nSPS) is 25.1. The summed E-state index contributed by atoms with van der Waals surface area (Å²) in [7, 11) is 0. The molecule has 35 heavy (non-hydrogen) atoms. The Balaban J connectivity index is 1.15. The molecule has 3 aromatic rings. The molecule has 1 amide bonds. The number of aryl methyl sites for hydroxylation is 1. The molecule has 2 fully saturated rings. The maximum Gasteiger partial charge on any atom is 0.263 e. The highest BCUT2D eigenvalue weighted by atomic mass is 32.1. The summed E-state index contributed by atoms with van der Waals surface area (Å²) in [6.07, 6.45) is 0.622. The van der Waals surface area contributed by atoms with Gasteiger partial charge in [0.2, 0.25) is 0 Å². The number of alkyl halides is 2. The first kappa shape index (κ1) is 22.5. The molecule has 2 saturated heterocycles. The summed E-state index contributed by atoms with van der Waals surface area (Å²) in [5.74, 6) is -3.48. The van der Waals surface area contributed by atoms with Gasteiger partial charge in [-0.1, -0.05) is 6.07 Å². The number of nitrogens with one attached hydrogen (secondary N) is 2. The molecule has 0 radical (unpaired) electrons. The summed E-state index contributed by atoms with van der Waals surface area (Å²) in [5.41, 5.74) is 9.44. The number of halogens is 2. The van der Waals surface area contributed by atoms with Crippen LogP contribution in [0.1, 0.15) is 20.9 Å². The number of thiophene rings is 1. The topological polar surface area (TPSA) is 92.5 Å². The fourth-order valence-electron chi connectivity index (χ4n) is 5.39.